The molecule has 0 radical (unpaired) electrons. The zero-order valence-corrected chi connectivity index (χ0v) is 10.5. The van der Waals surface area contributed by atoms with E-state index in [9.17, 15) is 4.79 Å². The fourth-order valence-corrected chi connectivity index (χ4v) is 1.37. The molecule has 16 heavy (non-hydrogen) atoms. The van der Waals surface area contributed by atoms with Gasteiger partial charge in [-0.05, 0) is 44.5 Å². The molecule has 0 atom stereocenters. The van der Waals surface area contributed by atoms with Gasteiger partial charge < -0.3 is 15.1 Å². The Kier molecular flexibility index (Phi) is 4.38. The van der Waals surface area contributed by atoms with Crippen LogP contribution in [-0.2, 0) is 11.3 Å². The van der Waals surface area contributed by atoms with Crippen LogP contribution in [0.5, 0.6) is 0 Å². The van der Waals surface area contributed by atoms with Crippen molar-refractivity contribution in [2.24, 2.45) is 0 Å². The van der Waals surface area contributed by atoms with Gasteiger partial charge in [-0.15, -0.1) is 0 Å². The van der Waals surface area contributed by atoms with Crippen molar-refractivity contribution in [3.8, 4) is 0 Å². The Labute approximate surface area is 100 Å². The van der Waals surface area contributed by atoms with Gasteiger partial charge in [0.05, 0.1) is 13.1 Å². The van der Waals surface area contributed by atoms with Crippen LogP contribution in [0.4, 0.5) is 0 Å². The van der Waals surface area contributed by atoms with E-state index >= 15 is 0 Å². The molecule has 0 bridgehead atoms. The number of amides is 1. The van der Waals surface area contributed by atoms with Crippen molar-refractivity contribution < 1.29 is 9.21 Å². The third-order valence-corrected chi connectivity index (χ3v) is 1.93. The first-order chi connectivity index (χ1) is 7.37. The Balaban J connectivity index is 2.23. The average Bonchev–Trinajstić information content (AvgIpc) is 2.48. The number of furan rings is 1. The van der Waals surface area contributed by atoms with Gasteiger partial charge >= 0.3 is 0 Å². The van der Waals surface area contributed by atoms with Gasteiger partial charge in [-0.25, -0.2) is 0 Å². The molecule has 4 nitrogen and oxygen atoms in total. The van der Waals surface area contributed by atoms with Gasteiger partial charge in [-0.1, -0.05) is 0 Å². The lowest BCUT2D eigenvalue weighted by atomic mass is 10.1. The monoisotopic (exact) mass is 244 g/mol. The molecule has 0 unspecified atom stereocenters. The van der Waals surface area contributed by atoms with Crippen molar-refractivity contribution in [1.82, 2.24) is 10.6 Å². The molecule has 0 aliphatic carbocycles. The topological polar surface area (TPSA) is 54.3 Å². The highest BCUT2D eigenvalue weighted by Gasteiger charge is 2.13. The minimum atomic E-state index is -0.202. The van der Waals surface area contributed by atoms with E-state index in [0.717, 1.165) is 0 Å². The van der Waals surface area contributed by atoms with Crippen molar-refractivity contribution in [3.63, 3.8) is 0 Å². The van der Waals surface area contributed by atoms with Gasteiger partial charge in [0, 0.05) is 5.54 Å². The number of halogens is 1. The third-order valence-electron chi connectivity index (χ3n) is 1.73. The van der Waals surface area contributed by atoms with Crippen molar-refractivity contribution >= 4 is 17.5 Å². The third kappa shape index (κ3) is 5.19. The zero-order chi connectivity index (χ0) is 12.2. The van der Waals surface area contributed by atoms with Gasteiger partial charge in [0.25, 0.3) is 0 Å². The quantitative estimate of drug-likeness (QED) is 0.851. The van der Waals surface area contributed by atoms with Crippen LogP contribution in [0, 0.1) is 0 Å². The van der Waals surface area contributed by atoms with Crippen LogP contribution in [0.2, 0.25) is 5.22 Å². The molecule has 0 aromatic carbocycles. The predicted octanol–water partition coefficient (Wildman–Crippen LogP) is 1.94. The molecular formula is C11H17ClN2O2. The van der Waals surface area contributed by atoms with Crippen LogP contribution >= 0.6 is 11.6 Å². The number of hydrogen-bond donors (Lipinski definition) is 2. The second kappa shape index (κ2) is 5.37. The van der Waals surface area contributed by atoms with Crippen LogP contribution in [0.15, 0.2) is 16.5 Å². The molecule has 1 amide bonds. The number of hydrogen-bond acceptors (Lipinski definition) is 3. The molecule has 1 rings (SSSR count). The molecule has 0 aliphatic heterocycles. The van der Waals surface area contributed by atoms with Gasteiger partial charge in [0.15, 0.2) is 5.22 Å². The zero-order valence-electron chi connectivity index (χ0n) is 9.76. The van der Waals surface area contributed by atoms with Crippen LogP contribution in [0.3, 0.4) is 0 Å². The summed E-state index contributed by atoms with van der Waals surface area (Å²) in [5, 5.41) is 6.18. The van der Waals surface area contributed by atoms with Gasteiger partial charge in [0.2, 0.25) is 5.91 Å². The maximum atomic E-state index is 11.4. The second-order valence-corrected chi connectivity index (χ2v) is 4.98. The first-order valence-electron chi connectivity index (χ1n) is 5.13. The molecule has 0 aliphatic rings. The summed E-state index contributed by atoms with van der Waals surface area (Å²) in [4.78, 5) is 11.4. The fourth-order valence-electron chi connectivity index (χ4n) is 1.21. The second-order valence-electron chi connectivity index (χ2n) is 4.61. The van der Waals surface area contributed by atoms with Gasteiger partial charge in [-0.3, -0.25) is 4.79 Å². The highest BCUT2D eigenvalue weighted by molar-refractivity contribution is 6.28. The maximum absolute atomic E-state index is 11.4. The lowest BCUT2D eigenvalue weighted by Gasteiger charge is -2.20. The number of carbonyl (C=O) groups is 1. The van der Waals surface area contributed by atoms with Crippen LogP contribution in [-0.4, -0.2) is 18.0 Å². The molecule has 0 fully saturated rings. The SMILES string of the molecule is CC(C)(C)NC(=O)CNCc1ccc(Cl)o1. The highest BCUT2D eigenvalue weighted by Crippen LogP contribution is 2.12. The van der Waals surface area contributed by atoms with Gasteiger partial charge in [0.1, 0.15) is 5.76 Å². The fraction of sp³-hybridized carbons (Fsp3) is 0.545. The van der Waals surface area contributed by atoms with E-state index in [1.165, 1.54) is 0 Å². The van der Waals surface area contributed by atoms with E-state index < -0.39 is 0 Å². The van der Waals surface area contributed by atoms with Crippen LogP contribution in [0.1, 0.15) is 26.5 Å². The average molecular weight is 245 g/mol. The van der Waals surface area contributed by atoms with Crippen molar-refractivity contribution in [3.05, 3.63) is 23.1 Å². The molecule has 2 N–H and O–H groups in total. The minimum absolute atomic E-state index is 0.0369. The van der Waals surface area contributed by atoms with E-state index in [1.807, 2.05) is 20.8 Å². The Bertz CT molecular complexity index is 355. The van der Waals surface area contributed by atoms with E-state index in [4.69, 9.17) is 16.0 Å². The minimum Gasteiger partial charge on any atom is -0.448 e. The summed E-state index contributed by atoms with van der Waals surface area (Å²) in [6.45, 7) is 6.57. The highest BCUT2D eigenvalue weighted by atomic mass is 35.5. The number of carbonyl (C=O) groups excluding carboxylic acids is 1. The normalized spacial score (nSPS) is 11.5. The van der Waals surface area contributed by atoms with Crippen LogP contribution < -0.4 is 10.6 Å². The lowest BCUT2D eigenvalue weighted by Crippen LogP contribution is -2.44. The Morgan fingerprint density at radius 1 is 1.44 bits per heavy atom. The molecule has 1 aromatic heterocycles. The summed E-state index contributed by atoms with van der Waals surface area (Å²) in [6, 6.07) is 3.45. The number of rotatable bonds is 4. The van der Waals surface area contributed by atoms with E-state index in [-0.39, 0.29) is 18.0 Å². The summed E-state index contributed by atoms with van der Waals surface area (Å²) >= 11 is 5.62. The maximum Gasteiger partial charge on any atom is 0.234 e. The Morgan fingerprint density at radius 3 is 2.62 bits per heavy atom. The summed E-state index contributed by atoms with van der Waals surface area (Å²) in [6.07, 6.45) is 0. The van der Waals surface area contributed by atoms with Crippen molar-refractivity contribution in [1.29, 1.82) is 0 Å². The molecule has 90 valence electrons. The first kappa shape index (κ1) is 13.1. The molecule has 0 saturated carbocycles. The largest absolute Gasteiger partial charge is 0.448 e. The lowest BCUT2D eigenvalue weighted by molar-refractivity contribution is -0.121. The summed E-state index contributed by atoms with van der Waals surface area (Å²) in [5.41, 5.74) is -0.202. The molecule has 0 spiro atoms. The molecule has 5 heteroatoms. The summed E-state index contributed by atoms with van der Waals surface area (Å²) in [5.74, 6) is 0.679. The molecular weight excluding hydrogens is 228 g/mol. The Morgan fingerprint density at radius 2 is 2.12 bits per heavy atom. The van der Waals surface area contributed by atoms with E-state index in [2.05, 4.69) is 10.6 Å². The number of nitrogens with one attached hydrogen (secondary N) is 2. The van der Waals surface area contributed by atoms with Crippen molar-refractivity contribution in [2.45, 2.75) is 32.9 Å². The van der Waals surface area contributed by atoms with E-state index in [1.54, 1.807) is 12.1 Å². The summed E-state index contributed by atoms with van der Waals surface area (Å²) in [7, 11) is 0. The Hall–Kier alpha value is -1.00. The predicted molar refractivity (Wildman–Crippen MR) is 63.3 cm³/mol. The van der Waals surface area contributed by atoms with Crippen LogP contribution in [0.25, 0.3) is 0 Å². The van der Waals surface area contributed by atoms with Gasteiger partial charge in [-0.2, -0.15) is 0 Å². The summed E-state index contributed by atoms with van der Waals surface area (Å²) < 4.78 is 5.14. The molecule has 0 saturated heterocycles. The van der Waals surface area contributed by atoms with E-state index in [0.29, 0.717) is 17.5 Å². The molecule has 1 aromatic rings. The smallest absolute Gasteiger partial charge is 0.234 e. The standard InChI is InChI=1S/C11H17ClN2O2/c1-11(2,3)14-10(15)7-13-6-8-4-5-9(12)16-8/h4-5,13H,6-7H2,1-3H3,(H,14,15). The molecule has 1 heterocycles. The first-order valence-corrected chi connectivity index (χ1v) is 5.50. The van der Waals surface area contributed by atoms with Crippen molar-refractivity contribution in [2.75, 3.05) is 6.54 Å².